The van der Waals surface area contributed by atoms with E-state index in [-0.39, 0.29) is 5.91 Å². The quantitative estimate of drug-likeness (QED) is 0.741. The standard InChI is InChI=1S/C16H13Cl2NO/c1-2-10-19(13-6-4-3-5-7-13)16(20)14-9-8-12(17)11-15(14)18/h2-9,11H,1,10H2. The Morgan fingerprint density at radius 2 is 1.85 bits per heavy atom. The molecular weight excluding hydrogens is 293 g/mol. The molecule has 4 heteroatoms. The van der Waals surface area contributed by atoms with E-state index in [1.807, 2.05) is 30.3 Å². The van der Waals surface area contributed by atoms with Gasteiger partial charge in [0.15, 0.2) is 0 Å². The van der Waals surface area contributed by atoms with Gasteiger partial charge in [0.1, 0.15) is 0 Å². The van der Waals surface area contributed by atoms with Gasteiger partial charge in [-0.25, -0.2) is 0 Å². The average Bonchev–Trinajstić information content (AvgIpc) is 2.45. The fraction of sp³-hybridized carbons (Fsp3) is 0.0625. The van der Waals surface area contributed by atoms with Crippen molar-refractivity contribution in [1.29, 1.82) is 0 Å². The van der Waals surface area contributed by atoms with Crippen LogP contribution in [0, 0.1) is 0 Å². The maximum absolute atomic E-state index is 12.6. The molecule has 0 aliphatic rings. The minimum Gasteiger partial charge on any atom is -0.305 e. The molecule has 0 saturated heterocycles. The number of carbonyl (C=O) groups is 1. The molecule has 0 saturated carbocycles. The molecule has 0 fully saturated rings. The molecule has 0 atom stereocenters. The Morgan fingerprint density at radius 1 is 1.15 bits per heavy atom. The molecule has 20 heavy (non-hydrogen) atoms. The number of hydrogen-bond donors (Lipinski definition) is 0. The smallest absolute Gasteiger partial charge is 0.260 e. The summed E-state index contributed by atoms with van der Waals surface area (Å²) in [4.78, 5) is 14.2. The topological polar surface area (TPSA) is 20.3 Å². The van der Waals surface area contributed by atoms with Crippen LogP contribution in [0.5, 0.6) is 0 Å². The summed E-state index contributed by atoms with van der Waals surface area (Å²) in [5.41, 5.74) is 1.21. The van der Waals surface area contributed by atoms with E-state index >= 15 is 0 Å². The summed E-state index contributed by atoms with van der Waals surface area (Å²) in [6.07, 6.45) is 1.68. The second kappa shape index (κ2) is 6.60. The van der Waals surface area contributed by atoms with E-state index in [0.29, 0.717) is 22.2 Å². The van der Waals surface area contributed by atoms with Gasteiger partial charge in [-0.15, -0.1) is 6.58 Å². The van der Waals surface area contributed by atoms with E-state index in [1.54, 1.807) is 29.2 Å². The number of hydrogen-bond acceptors (Lipinski definition) is 1. The lowest BCUT2D eigenvalue weighted by molar-refractivity contribution is 0.0990. The molecule has 0 aliphatic heterocycles. The van der Waals surface area contributed by atoms with Crippen molar-refractivity contribution in [1.82, 2.24) is 0 Å². The van der Waals surface area contributed by atoms with Gasteiger partial charge in [-0.3, -0.25) is 4.79 Å². The first-order chi connectivity index (χ1) is 9.63. The Balaban J connectivity index is 2.39. The molecular formula is C16H13Cl2NO. The summed E-state index contributed by atoms with van der Waals surface area (Å²) in [6.45, 7) is 4.10. The molecule has 0 N–H and O–H groups in total. The molecule has 0 unspecified atom stereocenters. The highest BCUT2D eigenvalue weighted by molar-refractivity contribution is 6.37. The minimum atomic E-state index is -0.183. The van der Waals surface area contributed by atoms with Gasteiger partial charge in [0.2, 0.25) is 0 Å². The van der Waals surface area contributed by atoms with E-state index in [1.165, 1.54) is 0 Å². The zero-order valence-electron chi connectivity index (χ0n) is 10.7. The van der Waals surface area contributed by atoms with Crippen molar-refractivity contribution in [2.75, 3.05) is 11.4 Å². The van der Waals surface area contributed by atoms with Crippen molar-refractivity contribution in [3.63, 3.8) is 0 Å². The fourth-order valence-electron chi connectivity index (χ4n) is 1.85. The van der Waals surface area contributed by atoms with Crippen LogP contribution >= 0.6 is 23.2 Å². The third kappa shape index (κ3) is 3.21. The molecule has 2 nitrogen and oxygen atoms in total. The van der Waals surface area contributed by atoms with E-state index in [0.717, 1.165) is 5.69 Å². The normalized spacial score (nSPS) is 10.1. The Labute approximate surface area is 128 Å². The first kappa shape index (κ1) is 14.6. The fourth-order valence-corrected chi connectivity index (χ4v) is 2.34. The zero-order chi connectivity index (χ0) is 14.5. The second-order valence-electron chi connectivity index (χ2n) is 4.16. The van der Waals surface area contributed by atoms with Crippen molar-refractivity contribution < 1.29 is 4.79 Å². The van der Waals surface area contributed by atoms with Crippen LogP contribution in [0.25, 0.3) is 0 Å². The number of halogens is 2. The molecule has 0 heterocycles. The lowest BCUT2D eigenvalue weighted by Crippen LogP contribution is -2.31. The lowest BCUT2D eigenvalue weighted by atomic mass is 10.1. The van der Waals surface area contributed by atoms with Gasteiger partial charge in [0.25, 0.3) is 5.91 Å². The molecule has 0 spiro atoms. The summed E-state index contributed by atoms with van der Waals surface area (Å²) in [6, 6.07) is 14.2. The van der Waals surface area contributed by atoms with E-state index in [9.17, 15) is 4.79 Å². The van der Waals surface area contributed by atoms with Crippen molar-refractivity contribution in [3.05, 3.63) is 76.8 Å². The molecule has 0 aromatic heterocycles. The Morgan fingerprint density at radius 3 is 2.45 bits per heavy atom. The van der Waals surface area contributed by atoms with Crippen LogP contribution in [-0.2, 0) is 0 Å². The van der Waals surface area contributed by atoms with Crippen LogP contribution in [0.3, 0.4) is 0 Å². The van der Waals surface area contributed by atoms with Gasteiger partial charge in [-0.05, 0) is 30.3 Å². The average molecular weight is 306 g/mol. The predicted molar refractivity (Wildman–Crippen MR) is 84.8 cm³/mol. The van der Waals surface area contributed by atoms with E-state index < -0.39 is 0 Å². The van der Waals surface area contributed by atoms with Gasteiger partial charge >= 0.3 is 0 Å². The summed E-state index contributed by atoms with van der Waals surface area (Å²) < 4.78 is 0. The maximum Gasteiger partial charge on any atom is 0.260 e. The monoisotopic (exact) mass is 305 g/mol. The van der Waals surface area contributed by atoms with Crippen LogP contribution in [-0.4, -0.2) is 12.5 Å². The highest BCUT2D eigenvalue weighted by Gasteiger charge is 2.19. The highest BCUT2D eigenvalue weighted by Crippen LogP contribution is 2.24. The third-order valence-corrected chi connectivity index (χ3v) is 3.33. The Kier molecular flexibility index (Phi) is 4.83. The third-order valence-electron chi connectivity index (χ3n) is 2.79. The minimum absolute atomic E-state index is 0.183. The molecule has 2 aromatic carbocycles. The molecule has 1 amide bonds. The number of amides is 1. The largest absolute Gasteiger partial charge is 0.305 e. The molecule has 0 aliphatic carbocycles. The van der Waals surface area contributed by atoms with E-state index in [2.05, 4.69) is 6.58 Å². The summed E-state index contributed by atoms with van der Waals surface area (Å²) in [5, 5.41) is 0.842. The Hall–Kier alpha value is -1.77. The SMILES string of the molecule is C=CCN(C(=O)c1ccc(Cl)cc1Cl)c1ccccc1. The number of benzene rings is 2. The molecule has 0 radical (unpaired) electrons. The summed E-state index contributed by atoms with van der Waals surface area (Å²) in [5.74, 6) is -0.183. The van der Waals surface area contributed by atoms with Crippen LogP contribution < -0.4 is 4.90 Å². The molecule has 2 aromatic rings. The number of anilines is 1. The van der Waals surface area contributed by atoms with Gasteiger partial charge in [-0.2, -0.15) is 0 Å². The predicted octanol–water partition coefficient (Wildman–Crippen LogP) is 4.83. The van der Waals surface area contributed by atoms with E-state index in [4.69, 9.17) is 23.2 Å². The number of rotatable bonds is 4. The highest BCUT2D eigenvalue weighted by atomic mass is 35.5. The number of carbonyl (C=O) groups excluding carboxylic acids is 1. The van der Waals surface area contributed by atoms with Gasteiger partial charge < -0.3 is 4.90 Å². The van der Waals surface area contributed by atoms with Crippen molar-refractivity contribution in [3.8, 4) is 0 Å². The second-order valence-corrected chi connectivity index (χ2v) is 5.01. The first-order valence-corrected chi connectivity index (χ1v) is 6.82. The summed E-state index contributed by atoms with van der Waals surface area (Å²) in [7, 11) is 0. The van der Waals surface area contributed by atoms with Crippen LogP contribution in [0.1, 0.15) is 10.4 Å². The molecule has 2 rings (SSSR count). The van der Waals surface area contributed by atoms with Crippen molar-refractivity contribution in [2.24, 2.45) is 0 Å². The van der Waals surface area contributed by atoms with Gasteiger partial charge in [0.05, 0.1) is 10.6 Å². The molecule has 0 bridgehead atoms. The lowest BCUT2D eigenvalue weighted by Gasteiger charge is -2.21. The van der Waals surface area contributed by atoms with Crippen LogP contribution in [0.4, 0.5) is 5.69 Å². The van der Waals surface area contributed by atoms with Crippen LogP contribution in [0.2, 0.25) is 10.0 Å². The number of nitrogens with zero attached hydrogens (tertiary/aromatic N) is 1. The maximum atomic E-state index is 12.6. The van der Waals surface area contributed by atoms with Crippen molar-refractivity contribution >= 4 is 34.8 Å². The van der Waals surface area contributed by atoms with Crippen molar-refractivity contribution in [2.45, 2.75) is 0 Å². The first-order valence-electron chi connectivity index (χ1n) is 6.06. The summed E-state index contributed by atoms with van der Waals surface area (Å²) >= 11 is 12.0. The molecule has 102 valence electrons. The zero-order valence-corrected chi connectivity index (χ0v) is 12.2. The van der Waals surface area contributed by atoms with Crippen LogP contribution in [0.15, 0.2) is 61.2 Å². The Bertz CT molecular complexity index is 626. The van der Waals surface area contributed by atoms with Gasteiger partial charge in [0, 0.05) is 17.3 Å². The number of para-hydroxylation sites is 1. The van der Waals surface area contributed by atoms with Gasteiger partial charge in [-0.1, -0.05) is 47.5 Å².